The van der Waals surface area contributed by atoms with Crippen LogP contribution >= 0.6 is 11.8 Å². The van der Waals surface area contributed by atoms with Crippen molar-refractivity contribution in [2.45, 2.75) is 63.6 Å². The molecule has 6 heteroatoms. The zero-order valence-electron chi connectivity index (χ0n) is 16.5. The fourth-order valence-electron chi connectivity index (χ4n) is 4.09. The molecular formula is C21H26N4OS. The van der Waals surface area contributed by atoms with Crippen LogP contribution in [0.3, 0.4) is 0 Å². The molecule has 0 N–H and O–H groups in total. The molecule has 0 aliphatic heterocycles. The molecule has 27 heavy (non-hydrogen) atoms. The Balaban J connectivity index is 2.10. The highest BCUT2D eigenvalue weighted by Gasteiger charge is 2.38. The summed E-state index contributed by atoms with van der Waals surface area (Å²) in [5.41, 5.74) is 3.88. The third-order valence-electron chi connectivity index (χ3n) is 5.84. The van der Waals surface area contributed by atoms with E-state index >= 15 is 0 Å². The van der Waals surface area contributed by atoms with E-state index in [0.717, 1.165) is 54.2 Å². The minimum atomic E-state index is -0.212. The summed E-state index contributed by atoms with van der Waals surface area (Å²) in [6, 6.07) is 8.36. The molecule has 0 saturated carbocycles. The largest absolute Gasteiger partial charge is 0.268 e. The second-order valence-corrected chi connectivity index (χ2v) is 8.36. The second-order valence-electron chi connectivity index (χ2n) is 7.59. The lowest BCUT2D eigenvalue weighted by Gasteiger charge is -2.35. The molecule has 5 nitrogen and oxygen atoms in total. The van der Waals surface area contributed by atoms with Crippen molar-refractivity contribution in [1.29, 1.82) is 0 Å². The molecule has 0 saturated heterocycles. The zero-order chi connectivity index (χ0) is 19.2. The predicted molar refractivity (Wildman–Crippen MR) is 111 cm³/mol. The third-order valence-corrected chi connectivity index (χ3v) is 6.47. The molecule has 2 heterocycles. The number of hydrogen-bond donors (Lipinski definition) is 0. The van der Waals surface area contributed by atoms with Gasteiger partial charge in [0.05, 0.1) is 11.3 Å². The number of unbranched alkanes of at least 4 members (excludes halogenated alkanes) is 1. The van der Waals surface area contributed by atoms with E-state index in [1.165, 1.54) is 17.3 Å². The lowest BCUT2D eigenvalue weighted by molar-refractivity contribution is 0.439. The summed E-state index contributed by atoms with van der Waals surface area (Å²) < 4.78 is 3.62. The van der Waals surface area contributed by atoms with E-state index < -0.39 is 0 Å². The Labute approximate surface area is 163 Å². The van der Waals surface area contributed by atoms with Gasteiger partial charge in [0.1, 0.15) is 0 Å². The van der Waals surface area contributed by atoms with E-state index in [2.05, 4.69) is 44.1 Å². The van der Waals surface area contributed by atoms with Gasteiger partial charge in [0, 0.05) is 17.5 Å². The summed E-state index contributed by atoms with van der Waals surface area (Å²) >= 11 is 1.50. The highest BCUT2D eigenvalue weighted by molar-refractivity contribution is 7.98. The smallest absolute Gasteiger partial charge is 0.265 e. The number of benzene rings is 1. The molecule has 4 rings (SSSR count). The Morgan fingerprint density at radius 1 is 1.26 bits per heavy atom. The van der Waals surface area contributed by atoms with Crippen molar-refractivity contribution in [2.75, 3.05) is 6.26 Å². The predicted octanol–water partition coefficient (Wildman–Crippen LogP) is 4.30. The number of nitrogens with zero attached hydrogens (tertiary/aromatic N) is 4. The molecule has 142 valence electrons. The summed E-state index contributed by atoms with van der Waals surface area (Å²) in [5, 5.41) is 5.41. The first-order valence-corrected chi connectivity index (χ1v) is 10.9. The number of aromatic nitrogens is 4. The summed E-state index contributed by atoms with van der Waals surface area (Å²) in [4.78, 5) is 18.7. The quantitative estimate of drug-likeness (QED) is 0.617. The lowest BCUT2D eigenvalue weighted by atomic mass is 9.69. The van der Waals surface area contributed by atoms with Crippen LogP contribution in [0.15, 0.2) is 34.2 Å². The van der Waals surface area contributed by atoms with Crippen LogP contribution in [0.1, 0.15) is 51.2 Å². The van der Waals surface area contributed by atoms with Crippen LogP contribution in [0.2, 0.25) is 0 Å². The number of hydrogen-bond acceptors (Lipinski definition) is 4. The Bertz CT molecular complexity index is 1070. The highest BCUT2D eigenvalue weighted by Crippen LogP contribution is 2.42. The third kappa shape index (κ3) is 2.73. The minimum Gasteiger partial charge on any atom is -0.268 e. The van der Waals surface area contributed by atoms with Gasteiger partial charge in [0.15, 0.2) is 5.16 Å². The maximum absolute atomic E-state index is 13.7. The van der Waals surface area contributed by atoms with Crippen LogP contribution in [0.25, 0.3) is 17.0 Å². The normalized spacial score (nSPS) is 18.5. The number of thioether (sulfide) groups is 1. The van der Waals surface area contributed by atoms with Crippen LogP contribution < -0.4 is 5.56 Å². The van der Waals surface area contributed by atoms with E-state index in [1.54, 1.807) is 4.40 Å². The van der Waals surface area contributed by atoms with Crippen LogP contribution in [0.5, 0.6) is 0 Å². The first-order valence-electron chi connectivity index (χ1n) is 9.70. The molecule has 1 aliphatic rings. The van der Waals surface area contributed by atoms with Gasteiger partial charge in [-0.3, -0.25) is 4.79 Å². The monoisotopic (exact) mass is 382 g/mol. The zero-order valence-corrected chi connectivity index (χ0v) is 17.3. The van der Waals surface area contributed by atoms with E-state index in [9.17, 15) is 4.79 Å². The fourth-order valence-corrected chi connectivity index (χ4v) is 4.62. The van der Waals surface area contributed by atoms with E-state index in [-0.39, 0.29) is 11.0 Å². The highest BCUT2D eigenvalue weighted by atomic mass is 32.2. The second kappa shape index (κ2) is 6.82. The van der Waals surface area contributed by atoms with Crippen molar-refractivity contribution in [3.8, 4) is 11.3 Å². The van der Waals surface area contributed by atoms with Gasteiger partial charge in [-0.2, -0.15) is 0 Å². The number of aryl methyl sites for hydroxylation is 1. The van der Waals surface area contributed by atoms with Crippen molar-refractivity contribution >= 4 is 17.5 Å². The fraction of sp³-hybridized carbons (Fsp3) is 0.476. The molecule has 0 fully saturated rings. The maximum Gasteiger partial charge on any atom is 0.265 e. The van der Waals surface area contributed by atoms with Gasteiger partial charge < -0.3 is 0 Å². The van der Waals surface area contributed by atoms with Crippen LogP contribution in [-0.2, 0) is 18.4 Å². The molecular weight excluding hydrogens is 356 g/mol. The molecule has 0 bridgehead atoms. The van der Waals surface area contributed by atoms with E-state index in [0.29, 0.717) is 5.78 Å². The van der Waals surface area contributed by atoms with Crippen molar-refractivity contribution < 1.29 is 0 Å². The Morgan fingerprint density at radius 2 is 2.04 bits per heavy atom. The summed E-state index contributed by atoms with van der Waals surface area (Å²) in [6.07, 6.45) is 5.82. The van der Waals surface area contributed by atoms with Crippen molar-refractivity contribution in [3.05, 3.63) is 45.7 Å². The topological polar surface area (TPSA) is 52.2 Å². The molecule has 1 atom stereocenters. The Morgan fingerprint density at radius 3 is 2.74 bits per heavy atom. The van der Waals surface area contributed by atoms with Gasteiger partial charge in [-0.1, -0.05) is 63.2 Å². The first kappa shape index (κ1) is 18.3. The van der Waals surface area contributed by atoms with Gasteiger partial charge in [0.2, 0.25) is 5.78 Å². The Kier molecular flexibility index (Phi) is 4.62. The molecule has 2 aromatic heterocycles. The van der Waals surface area contributed by atoms with Crippen molar-refractivity contribution in [2.24, 2.45) is 0 Å². The van der Waals surface area contributed by atoms with Crippen LogP contribution in [0, 0.1) is 0 Å². The Hall–Kier alpha value is -2.08. The number of fused-ring (bicyclic) bond motifs is 4. The summed E-state index contributed by atoms with van der Waals surface area (Å²) in [7, 11) is 0. The van der Waals surface area contributed by atoms with E-state index in [1.807, 2.05) is 17.0 Å². The average molecular weight is 383 g/mol. The molecule has 1 aliphatic carbocycles. The standard InChI is InChI=1S/C21H26N4OS/c1-5-7-12-24-19-22-17-15-11-9-8-10-14(15)13-21(3,6-2)16(17)18(26)25(19)20(23-24)27-4/h8-11H,5-7,12-13H2,1-4H3/t21-/m0/s1. The molecule has 0 amide bonds. The van der Waals surface area contributed by atoms with Crippen molar-refractivity contribution in [1.82, 2.24) is 19.2 Å². The summed E-state index contributed by atoms with van der Waals surface area (Å²) in [6.45, 7) is 7.29. The van der Waals surface area contributed by atoms with Gasteiger partial charge in [-0.15, -0.1) is 5.10 Å². The van der Waals surface area contributed by atoms with Crippen molar-refractivity contribution in [3.63, 3.8) is 0 Å². The molecule has 0 spiro atoms. The van der Waals surface area contributed by atoms with Gasteiger partial charge in [0.25, 0.3) is 5.56 Å². The average Bonchev–Trinajstić information content (AvgIpc) is 3.04. The first-order chi connectivity index (χ1) is 13.0. The molecule has 0 radical (unpaired) electrons. The lowest BCUT2D eigenvalue weighted by Crippen LogP contribution is -2.37. The van der Waals surface area contributed by atoms with E-state index in [4.69, 9.17) is 4.98 Å². The van der Waals surface area contributed by atoms with Crippen LogP contribution in [0.4, 0.5) is 0 Å². The van der Waals surface area contributed by atoms with Gasteiger partial charge in [-0.05, 0) is 31.1 Å². The van der Waals surface area contributed by atoms with Crippen LogP contribution in [-0.4, -0.2) is 25.4 Å². The molecule has 3 aromatic rings. The maximum atomic E-state index is 13.7. The number of rotatable bonds is 5. The molecule has 0 unspecified atom stereocenters. The SMILES string of the molecule is CCCCn1nc(SC)n2c(=O)c3c(nc12)-c1ccccc1C[C@]3(C)CC. The minimum absolute atomic E-state index is 0.0425. The molecule has 1 aromatic carbocycles. The van der Waals surface area contributed by atoms with Gasteiger partial charge in [-0.25, -0.2) is 14.1 Å². The summed E-state index contributed by atoms with van der Waals surface area (Å²) in [5.74, 6) is 0.659. The van der Waals surface area contributed by atoms with Gasteiger partial charge >= 0.3 is 0 Å².